The Morgan fingerprint density at radius 1 is 1.38 bits per heavy atom. The number of nitrogens with zero attached hydrogens (tertiary/aromatic N) is 1. The van der Waals surface area contributed by atoms with Gasteiger partial charge >= 0.3 is 0 Å². The molecule has 0 amide bonds. The van der Waals surface area contributed by atoms with Crippen LogP contribution < -0.4 is 5.73 Å². The normalized spacial score (nSPS) is 27.2. The van der Waals surface area contributed by atoms with E-state index in [2.05, 4.69) is 18.7 Å². The third-order valence-corrected chi connectivity index (χ3v) is 2.92. The molecule has 90 valence electrons. The lowest BCUT2D eigenvalue weighted by Crippen LogP contribution is -2.44. The highest BCUT2D eigenvalue weighted by atomic mass is 16.5. The van der Waals surface area contributed by atoms with Crippen molar-refractivity contribution in [2.24, 2.45) is 5.73 Å². The third kappa shape index (κ3) is 2.64. The molecular weight excluding hydrogens is 204 g/mol. The van der Waals surface area contributed by atoms with E-state index in [0.717, 1.165) is 31.0 Å². The number of rotatable bonds is 3. The molecule has 16 heavy (non-hydrogen) atoms. The van der Waals surface area contributed by atoms with Gasteiger partial charge in [-0.1, -0.05) is 0 Å². The molecule has 2 atom stereocenters. The number of hydrogen-bond acceptors (Lipinski definition) is 4. The van der Waals surface area contributed by atoms with Crippen molar-refractivity contribution in [3.63, 3.8) is 0 Å². The topological polar surface area (TPSA) is 51.6 Å². The molecule has 1 saturated heterocycles. The van der Waals surface area contributed by atoms with Gasteiger partial charge in [0.1, 0.15) is 5.76 Å². The van der Waals surface area contributed by atoms with E-state index in [9.17, 15) is 0 Å². The van der Waals surface area contributed by atoms with Crippen LogP contribution in [0.1, 0.15) is 25.2 Å². The van der Waals surface area contributed by atoms with E-state index in [-0.39, 0.29) is 0 Å². The second kappa shape index (κ2) is 4.99. The second-order valence-corrected chi connectivity index (χ2v) is 4.52. The van der Waals surface area contributed by atoms with Gasteiger partial charge in [-0.25, -0.2) is 0 Å². The van der Waals surface area contributed by atoms with Crippen molar-refractivity contribution in [1.29, 1.82) is 0 Å². The monoisotopic (exact) mass is 224 g/mol. The van der Waals surface area contributed by atoms with Gasteiger partial charge in [0.2, 0.25) is 0 Å². The number of furan rings is 1. The molecular formula is C12H20N2O2. The van der Waals surface area contributed by atoms with Crippen LogP contribution in [-0.4, -0.2) is 30.2 Å². The SMILES string of the molecule is C[C@@H]1CN(Cc2occc2CN)C[C@H](C)O1. The van der Waals surface area contributed by atoms with Gasteiger partial charge in [0.15, 0.2) is 0 Å². The van der Waals surface area contributed by atoms with Crippen LogP contribution in [0.25, 0.3) is 0 Å². The third-order valence-electron chi connectivity index (χ3n) is 2.92. The van der Waals surface area contributed by atoms with Gasteiger partial charge in [-0.2, -0.15) is 0 Å². The molecule has 1 fully saturated rings. The predicted octanol–water partition coefficient (Wildman–Crippen LogP) is 1.35. The summed E-state index contributed by atoms with van der Waals surface area (Å²) < 4.78 is 11.2. The molecule has 4 heteroatoms. The van der Waals surface area contributed by atoms with Crippen LogP contribution in [0.5, 0.6) is 0 Å². The van der Waals surface area contributed by atoms with Gasteiger partial charge in [-0.05, 0) is 19.9 Å². The Morgan fingerprint density at radius 3 is 2.69 bits per heavy atom. The average Bonchev–Trinajstić information content (AvgIpc) is 2.63. The minimum Gasteiger partial charge on any atom is -0.468 e. The largest absolute Gasteiger partial charge is 0.468 e. The van der Waals surface area contributed by atoms with Gasteiger partial charge in [0.05, 0.1) is 25.0 Å². The van der Waals surface area contributed by atoms with Crippen LogP contribution in [0.15, 0.2) is 16.7 Å². The minimum absolute atomic E-state index is 0.292. The fourth-order valence-corrected chi connectivity index (χ4v) is 2.30. The molecule has 0 radical (unpaired) electrons. The van der Waals surface area contributed by atoms with Crippen molar-refractivity contribution >= 4 is 0 Å². The summed E-state index contributed by atoms with van der Waals surface area (Å²) in [6.07, 6.45) is 2.30. The smallest absolute Gasteiger partial charge is 0.122 e. The fraction of sp³-hybridized carbons (Fsp3) is 0.667. The van der Waals surface area contributed by atoms with Gasteiger partial charge in [0, 0.05) is 25.2 Å². The Morgan fingerprint density at radius 2 is 2.06 bits per heavy atom. The first-order valence-corrected chi connectivity index (χ1v) is 5.82. The first-order chi connectivity index (χ1) is 7.69. The molecule has 2 rings (SSSR count). The van der Waals surface area contributed by atoms with E-state index < -0.39 is 0 Å². The summed E-state index contributed by atoms with van der Waals surface area (Å²) in [5.41, 5.74) is 6.76. The molecule has 4 nitrogen and oxygen atoms in total. The summed E-state index contributed by atoms with van der Waals surface area (Å²) in [5.74, 6) is 0.990. The average molecular weight is 224 g/mol. The van der Waals surface area contributed by atoms with Gasteiger partial charge in [-0.15, -0.1) is 0 Å². The van der Waals surface area contributed by atoms with Crippen molar-refractivity contribution in [2.75, 3.05) is 13.1 Å². The minimum atomic E-state index is 0.292. The van der Waals surface area contributed by atoms with Crippen molar-refractivity contribution in [2.45, 2.75) is 39.1 Å². The zero-order valence-corrected chi connectivity index (χ0v) is 9.98. The maximum Gasteiger partial charge on any atom is 0.122 e. The van der Waals surface area contributed by atoms with Crippen molar-refractivity contribution in [1.82, 2.24) is 4.90 Å². The summed E-state index contributed by atoms with van der Waals surface area (Å²) in [5, 5.41) is 0. The highest BCUT2D eigenvalue weighted by Gasteiger charge is 2.23. The molecule has 1 aromatic heterocycles. The molecule has 0 aliphatic carbocycles. The van der Waals surface area contributed by atoms with Crippen LogP contribution in [-0.2, 0) is 17.8 Å². The van der Waals surface area contributed by atoms with Crippen LogP contribution in [0.4, 0.5) is 0 Å². The summed E-state index contributed by atoms with van der Waals surface area (Å²) in [4.78, 5) is 2.36. The molecule has 2 N–H and O–H groups in total. The molecule has 1 aliphatic rings. The van der Waals surface area contributed by atoms with Crippen molar-refractivity contribution < 1.29 is 9.15 Å². The Bertz CT molecular complexity index is 328. The first-order valence-electron chi connectivity index (χ1n) is 5.82. The zero-order chi connectivity index (χ0) is 11.5. The zero-order valence-electron chi connectivity index (χ0n) is 9.98. The predicted molar refractivity (Wildman–Crippen MR) is 61.9 cm³/mol. The second-order valence-electron chi connectivity index (χ2n) is 4.52. The molecule has 2 heterocycles. The molecule has 0 unspecified atom stereocenters. The van der Waals surface area contributed by atoms with Gasteiger partial charge < -0.3 is 14.9 Å². The molecule has 1 aliphatic heterocycles. The lowest BCUT2D eigenvalue weighted by Gasteiger charge is -2.34. The summed E-state index contributed by atoms with van der Waals surface area (Å²) in [6.45, 7) is 7.49. The van der Waals surface area contributed by atoms with E-state index >= 15 is 0 Å². The Balaban J connectivity index is 1.98. The maximum atomic E-state index is 5.70. The Kier molecular flexibility index (Phi) is 3.63. The number of hydrogen-bond donors (Lipinski definition) is 1. The van der Waals surface area contributed by atoms with E-state index in [1.54, 1.807) is 6.26 Å². The van der Waals surface area contributed by atoms with Crippen LogP contribution in [0.2, 0.25) is 0 Å². The summed E-state index contributed by atoms with van der Waals surface area (Å²) in [7, 11) is 0. The first kappa shape index (κ1) is 11.6. The molecule has 1 aromatic rings. The van der Waals surface area contributed by atoms with Crippen LogP contribution in [0.3, 0.4) is 0 Å². The van der Waals surface area contributed by atoms with E-state index in [1.165, 1.54) is 0 Å². The number of morpholine rings is 1. The number of nitrogens with two attached hydrogens (primary N) is 1. The quantitative estimate of drug-likeness (QED) is 0.842. The Labute approximate surface area is 96.4 Å². The van der Waals surface area contributed by atoms with Crippen LogP contribution >= 0.6 is 0 Å². The fourth-order valence-electron chi connectivity index (χ4n) is 2.30. The van der Waals surface area contributed by atoms with Crippen molar-refractivity contribution in [3.05, 3.63) is 23.7 Å². The van der Waals surface area contributed by atoms with Crippen LogP contribution in [0, 0.1) is 0 Å². The molecule has 0 saturated carbocycles. The maximum absolute atomic E-state index is 5.70. The highest BCUT2D eigenvalue weighted by Crippen LogP contribution is 2.17. The van der Waals surface area contributed by atoms with E-state index in [1.807, 2.05) is 6.07 Å². The van der Waals surface area contributed by atoms with Gasteiger partial charge in [0.25, 0.3) is 0 Å². The lowest BCUT2D eigenvalue weighted by atomic mass is 10.2. The standard InChI is InChI=1S/C12H20N2O2/c1-9-6-14(7-10(2)16-9)8-12-11(5-13)3-4-15-12/h3-4,9-10H,5-8,13H2,1-2H3/t9-,10+. The van der Waals surface area contributed by atoms with E-state index in [4.69, 9.17) is 14.9 Å². The highest BCUT2D eigenvalue weighted by molar-refractivity contribution is 5.16. The van der Waals surface area contributed by atoms with Gasteiger partial charge in [-0.3, -0.25) is 4.90 Å². The molecule has 0 bridgehead atoms. The summed E-state index contributed by atoms with van der Waals surface area (Å²) >= 11 is 0. The van der Waals surface area contributed by atoms with Crippen molar-refractivity contribution in [3.8, 4) is 0 Å². The summed E-state index contributed by atoms with van der Waals surface area (Å²) in [6, 6.07) is 1.95. The Hall–Kier alpha value is -0.840. The molecule has 0 aromatic carbocycles. The number of ether oxygens (including phenoxy) is 1. The molecule has 0 spiro atoms. The van der Waals surface area contributed by atoms with E-state index in [0.29, 0.717) is 18.8 Å². The lowest BCUT2D eigenvalue weighted by molar-refractivity contribution is -0.0719.